The quantitative estimate of drug-likeness (QED) is 0.380. The fraction of sp³-hybridized carbons (Fsp3) is 0.556. The van der Waals surface area contributed by atoms with E-state index in [1.807, 2.05) is 19.1 Å². The van der Waals surface area contributed by atoms with Crippen molar-refractivity contribution in [1.29, 1.82) is 0 Å². The maximum Gasteiger partial charge on any atom is 0.392 e. The molecule has 1 heterocycles. The fourth-order valence-electron chi connectivity index (χ4n) is 6.08. The molecule has 1 aromatic rings. The Morgan fingerprint density at radius 1 is 1.17 bits per heavy atom. The standard InChI is InChI=1S/C27H32F3NO5/c1-5-36-25(33)24-18-8-11-22-26(2,19(18)9-10-20(24)27(28,29)30)13-12-23(32)31(22)15-16-6-7-17(34-3)14-21(16)35-4/h6-7,9,11,14,18,20,24H,5,8,10,12-13,15H2,1-4H3/t18-,20+,24+,26-/m1/s1. The van der Waals surface area contributed by atoms with Gasteiger partial charge < -0.3 is 19.1 Å². The number of allylic oxidation sites excluding steroid dienone is 3. The highest BCUT2D eigenvalue weighted by molar-refractivity contribution is 5.81. The van der Waals surface area contributed by atoms with Gasteiger partial charge in [0, 0.05) is 29.2 Å². The van der Waals surface area contributed by atoms with Crippen LogP contribution in [0.15, 0.2) is 41.6 Å². The van der Waals surface area contributed by atoms with Crippen molar-refractivity contribution in [2.75, 3.05) is 20.8 Å². The van der Waals surface area contributed by atoms with Gasteiger partial charge in [-0.15, -0.1) is 0 Å². The summed E-state index contributed by atoms with van der Waals surface area (Å²) >= 11 is 0. The minimum Gasteiger partial charge on any atom is -0.497 e. The first-order valence-electron chi connectivity index (χ1n) is 12.2. The van der Waals surface area contributed by atoms with E-state index in [9.17, 15) is 22.8 Å². The van der Waals surface area contributed by atoms with Gasteiger partial charge in [-0.25, -0.2) is 0 Å². The normalized spacial score (nSPS) is 27.9. The van der Waals surface area contributed by atoms with Crippen molar-refractivity contribution in [3.63, 3.8) is 0 Å². The molecule has 0 bridgehead atoms. The Morgan fingerprint density at radius 2 is 1.92 bits per heavy atom. The Kier molecular flexibility index (Phi) is 7.12. The van der Waals surface area contributed by atoms with Gasteiger partial charge in [-0.1, -0.05) is 24.6 Å². The van der Waals surface area contributed by atoms with Crippen molar-refractivity contribution >= 4 is 11.9 Å². The first kappa shape index (κ1) is 26.1. The molecule has 3 aliphatic rings. The van der Waals surface area contributed by atoms with E-state index < -0.39 is 35.3 Å². The Balaban J connectivity index is 1.72. The molecule has 36 heavy (non-hydrogen) atoms. The Labute approximate surface area is 209 Å². The third kappa shape index (κ3) is 4.48. The summed E-state index contributed by atoms with van der Waals surface area (Å²) in [6.07, 6.45) is -0.318. The highest BCUT2D eigenvalue weighted by Crippen LogP contribution is 2.58. The van der Waals surface area contributed by atoms with Gasteiger partial charge in [0.2, 0.25) is 5.91 Å². The zero-order chi connectivity index (χ0) is 26.3. The van der Waals surface area contributed by atoms with Gasteiger partial charge >= 0.3 is 12.1 Å². The number of ether oxygens (including phenoxy) is 3. The first-order valence-corrected chi connectivity index (χ1v) is 12.2. The molecule has 4 atom stereocenters. The van der Waals surface area contributed by atoms with Gasteiger partial charge in [0.25, 0.3) is 0 Å². The van der Waals surface area contributed by atoms with Crippen LogP contribution < -0.4 is 9.47 Å². The molecule has 1 fully saturated rings. The largest absolute Gasteiger partial charge is 0.497 e. The van der Waals surface area contributed by atoms with E-state index in [0.29, 0.717) is 17.9 Å². The van der Waals surface area contributed by atoms with Crippen LogP contribution in [0.25, 0.3) is 0 Å². The van der Waals surface area contributed by atoms with E-state index in [1.54, 1.807) is 44.3 Å². The Morgan fingerprint density at radius 3 is 2.56 bits per heavy atom. The maximum absolute atomic E-state index is 13.9. The summed E-state index contributed by atoms with van der Waals surface area (Å²) in [7, 11) is 3.10. The molecule has 196 valence electrons. The van der Waals surface area contributed by atoms with Crippen molar-refractivity contribution in [3.8, 4) is 11.5 Å². The number of amides is 1. The summed E-state index contributed by atoms with van der Waals surface area (Å²) in [6, 6.07) is 5.38. The van der Waals surface area contributed by atoms with E-state index >= 15 is 0 Å². The number of halogens is 3. The zero-order valence-electron chi connectivity index (χ0n) is 21.0. The van der Waals surface area contributed by atoms with Crippen LogP contribution in [0.3, 0.4) is 0 Å². The number of alkyl halides is 3. The molecule has 1 saturated heterocycles. The number of likely N-dealkylation sites (tertiary alicyclic amines) is 1. The predicted molar refractivity (Wildman–Crippen MR) is 126 cm³/mol. The summed E-state index contributed by atoms with van der Waals surface area (Å²) < 4.78 is 57.7. The molecule has 0 radical (unpaired) electrons. The molecular weight excluding hydrogens is 475 g/mol. The minimum atomic E-state index is -4.51. The van der Waals surface area contributed by atoms with Crippen LogP contribution in [0.5, 0.6) is 11.5 Å². The maximum atomic E-state index is 13.9. The van der Waals surface area contributed by atoms with Gasteiger partial charge in [-0.05, 0) is 44.2 Å². The summed E-state index contributed by atoms with van der Waals surface area (Å²) in [6.45, 7) is 3.85. The van der Waals surface area contributed by atoms with Crippen molar-refractivity contribution in [1.82, 2.24) is 4.90 Å². The smallest absolute Gasteiger partial charge is 0.392 e. The molecule has 4 rings (SSSR count). The fourth-order valence-corrected chi connectivity index (χ4v) is 6.08. The summed E-state index contributed by atoms with van der Waals surface area (Å²) in [5.74, 6) is -3.35. The number of carbonyl (C=O) groups excluding carboxylic acids is 2. The molecule has 1 aliphatic heterocycles. The lowest BCUT2D eigenvalue weighted by Crippen LogP contribution is -2.51. The monoisotopic (exact) mass is 507 g/mol. The van der Waals surface area contributed by atoms with Gasteiger partial charge in [-0.3, -0.25) is 9.59 Å². The van der Waals surface area contributed by atoms with Crippen LogP contribution in [0.2, 0.25) is 0 Å². The third-order valence-corrected chi connectivity index (χ3v) is 7.86. The van der Waals surface area contributed by atoms with Crippen molar-refractivity contribution in [3.05, 3.63) is 47.2 Å². The first-order chi connectivity index (χ1) is 17.0. The lowest BCUT2D eigenvalue weighted by atomic mass is 9.57. The molecule has 0 spiro atoms. The van der Waals surface area contributed by atoms with Crippen molar-refractivity contribution in [2.24, 2.45) is 23.2 Å². The summed E-state index contributed by atoms with van der Waals surface area (Å²) in [4.78, 5) is 27.6. The number of benzene rings is 1. The van der Waals surface area contributed by atoms with E-state index in [0.717, 1.165) is 16.8 Å². The molecule has 1 aromatic carbocycles. The molecule has 9 heteroatoms. The van der Waals surface area contributed by atoms with Crippen LogP contribution in [0.4, 0.5) is 13.2 Å². The SMILES string of the molecule is CCOC(=O)[C@H]1[C@@H]2CC=C3N(Cc4ccc(OC)cc4OC)C(=O)CC[C@]3(C)C2=CC[C@@H]1C(F)(F)F. The van der Waals surface area contributed by atoms with Crippen LogP contribution in [-0.2, 0) is 20.9 Å². The number of esters is 1. The van der Waals surface area contributed by atoms with Crippen LogP contribution >= 0.6 is 0 Å². The number of hydrogen-bond donors (Lipinski definition) is 0. The van der Waals surface area contributed by atoms with Crippen LogP contribution in [-0.4, -0.2) is 43.8 Å². The Bertz CT molecular complexity index is 1100. The number of hydrogen-bond acceptors (Lipinski definition) is 5. The molecule has 6 nitrogen and oxygen atoms in total. The second-order valence-corrected chi connectivity index (χ2v) is 9.74. The highest BCUT2D eigenvalue weighted by atomic mass is 19.4. The van der Waals surface area contributed by atoms with Gasteiger partial charge in [0.1, 0.15) is 11.5 Å². The van der Waals surface area contributed by atoms with E-state index in [4.69, 9.17) is 14.2 Å². The van der Waals surface area contributed by atoms with Crippen molar-refractivity contribution < 1.29 is 37.0 Å². The van der Waals surface area contributed by atoms with Crippen molar-refractivity contribution in [2.45, 2.75) is 52.3 Å². The van der Waals surface area contributed by atoms with Gasteiger partial charge in [0.15, 0.2) is 0 Å². The van der Waals surface area contributed by atoms with E-state index in [-0.39, 0.29) is 38.3 Å². The Hall–Kier alpha value is -2.97. The number of piperidine rings is 1. The lowest BCUT2D eigenvalue weighted by Gasteiger charge is -2.52. The predicted octanol–water partition coefficient (Wildman–Crippen LogP) is 5.42. The average molecular weight is 508 g/mol. The molecular formula is C27H32F3NO5. The van der Waals surface area contributed by atoms with Gasteiger partial charge in [-0.2, -0.15) is 13.2 Å². The summed E-state index contributed by atoms with van der Waals surface area (Å²) in [5, 5.41) is 0. The molecule has 0 aromatic heterocycles. The molecule has 1 amide bonds. The van der Waals surface area contributed by atoms with Gasteiger partial charge in [0.05, 0.1) is 39.2 Å². The molecule has 2 aliphatic carbocycles. The highest BCUT2D eigenvalue weighted by Gasteiger charge is 2.57. The minimum absolute atomic E-state index is 0.0238. The third-order valence-electron chi connectivity index (χ3n) is 7.86. The van der Waals surface area contributed by atoms with E-state index in [2.05, 4.69) is 0 Å². The molecule has 0 N–H and O–H groups in total. The molecule has 0 saturated carbocycles. The second-order valence-electron chi connectivity index (χ2n) is 9.74. The average Bonchev–Trinajstić information content (AvgIpc) is 2.85. The van der Waals surface area contributed by atoms with E-state index in [1.165, 1.54) is 0 Å². The second kappa shape index (κ2) is 9.82. The number of nitrogens with zero attached hydrogens (tertiary/aromatic N) is 1. The number of fused-ring (bicyclic) bond motifs is 3. The number of carbonyl (C=O) groups is 2. The lowest BCUT2D eigenvalue weighted by molar-refractivity contribution is -0.204. The molecule has 0 unspecified atom stereocenters. The number of methoxy groups -OCH3 is 2. The zero-order valence-corrected chi connectivity index (χ0v) is 21.0. The van der Waals surface area contributed by atoms with Crippen LogP contribution in [0.1, 0.15) is 45.1 Å². The van der Waals surface area contributed by atoms with Crippen LogP contribution in [0, 0.1) is 23.2 Å². The number of rotatable bonds is 6. The topological polar surface area (TPSA) is 65.1 Å². The summed E-state index contributed by atoms with van der Waals surface area (Å²) in [5.41, 5.74) is 1.71.